The molecule has 0 aliphatic carbocycles. The van der Waals surface area contributed by atoms with Crippen molar-refractivity contribution in [2.24, 2.45) is 0 Å². The number of nitrogens with two attached hydrogens (primary N) is 2. The van der Waals surface area contributed by atoms with Gasteiger partial charge in [-0.2, -0.15) is 4.98 Å². The first-order valence-electron chi connectivity index (χ1n) is 13.3. The Balaban J connectivity index is 1.25. The van der Waals surface area contributed by atoms with Gasteiger partial charge in [0.1, 0.15) is 41.9 Å². The molecule has 4 bridgehead atoms. The molecule has 10 atom stereocenters. The van der Waals surface area contributed by atoms with E-state index in [0.717, 1.165) is 24.1 Å². The summed E-state index contributed by atoms with van der Waals surface area (Å²) in [6.45, 7) is -0.725. The fraction of sp³-hybridized carbons (Fsp3) is 0.524. The van der Waals surface area contributed by atoms with Crippen LogP contribution in [0.2, 0.25) is 0 Å². The average molecular weight is 690 g/mol. The SMILES string of the molecule is C[C@]12COP(=O)(O)O[C@@H]3[C@H](O)[C@@H](COP(=O)(O)O[C@@H]([C@H](n4cnc5c(=O)[nH]c(N)nc54)O1)[C@@H]2F)O[C@H]3n1cnc2c(N)ncnc21. The molecule has 0 spiro atoms. The Morgan fingerprint density at radius 2 is 1.67 bits per heavy atom. The second-order valence-electron chi connectivity index (χ2n) is 10.8. The zero-order chi connectivity index (χ0) is 32.8. The molecular weight excluding hydrogens is 665 g/mol. The van der Waals surface area contributed by atoms with Crippen molar-refractivity contribution in [3.63, 3.8) is 0 Å². The van der Waals surface area contributed by atoms with Crippen LogP contribution in [-0.4, -0.2) is 103 Å². The largest absolute Gasteiger partial charge is 0.472 e. The Kier molecular flexibility index (Phi) is 7.30. The van der Waals surface area contributed by atoms with Gasteiger partial charge in [0, 0.05) is 0 Å². The number of aliphatic hydroxyl groups excluding tert-OH is 1. The molecule has 7 rings (SSSR count). The summed E-state index contributed by atoms with van der Waals surface area (Å²) in [7, 11) is -10.4. The molecule has 46 heavy (non-hydrogen) atoms. The molecule has 2 unspecified atom stereocenters. The van der Waals surface area contributed by atoms with E-state index in [2.05, 4.69) is 29.9 Å². The number of alkyl halides is 1. The Hall–Kier alpha value is -3.47. The number of nitrogens with zero attached hydrogens (tertiary/aromatic N) is 7. The summed E-state index contributed by atoms with van der Waals surface area (Å²) >= 11 is 0. The summed E-state index contributed by atoms with van der Waals surface area (Å²) in [5.74, 6) is -0.318. The van der Waals surface area contributed by atoms with E-state index in [9.17, 15) is 28.8 Å². The second-order valence-corrected chi connectivity index (χ2v) is 13.6. The summed E-state index contributed by atoms with van der Waals surface area (Å²) in [5.41, 5.74) is 8.42. The van der Waals surface area contributed by atoms with E-state index < -0.39 is 83.1 Å². The number of rotatable bonds is 2. The average Bonchev–Trinajstić information content (AvgIpc) is 3.73. The zero-order valence-electron chi connectivity index (χ0n) is 23.3. The number of phosphoric ester groups is 2. The summed E-state index contributed by atoms with van der Waals surface area (Å²) < 4.78 is 77.4. The number of anilines is 2. The van der Waals surface area contributed by atoms with Crippen molar-refractivity contribution in [1.29, 1.82) is 0 Å². The predicted octanol–water partition coefficient (Wildman–Crippen LogP) is -0.974. The van der Waals surface area contributed by atoms with Crippen molar-refractivity contribution in [2.45, 2.75) is 55.6 Å². The number of hydrogen-bond donors (Lipinski definition) is 6. The van der Waals surface area contributed by atoms with E-state index in [1.165, 1.54) is 10.9 Å². The molecule has 3 aliphatic heterocycles. The van der Waals surface area contributed by atoms with Crippen LogP contribution in [0.3, 0.4) is 0 Å². The van der Waals surface area contributed by atoms with Crippen molar-refractivity contribution in [3.8, 4) is 0 Å². The van der Waals surface area contributed by atoms with Crippen molar-refractivity contribution in [3.05, 3.63) is 29.3 Å². The number of nitrogens with one attached hydrogen (secondary N) is 1. The van der Waals surface area contributed by atoms with E-state index in [1.54, 1.807) is 0 Å². The van der Waals surface area contributed by atoms with E-state index in [-0.39, 0.29) is 34.1 Å². The smallest absolute Gasteiger partial charge is 0.387 e. The first kappa shape index (κ1) is 31.1. The van der Waals surface area contributed by atoms with E-state index >= 15 is 4.39 Å². The lowest BCUT2D eigenvalue weighted by molar-refractivity contribution is -0.109. The van der Waals surface area contributed by atoms with Crippen molar-refractivity contribution in [2.75, 3.05) is 24.7 Å². The van der Waals surface area contributed by atoms with Gasteiger partial charge in [0.25, 0.3) is 5.56 Å². The van der Waals surface area contributed by atoms with Gasteiger partial charge in [-0.15, -0.1) is 0 Å². The number of aliphatic hydroxyl groups is 1. The predicted molar refractivity (Wildman–Crippen MR) is 147 cm³/mol. The Morgan fingerprint density at radius 3 is 2.43 bits per heavy atom. The molecule has 3 aliphatic rings. The topological polar surface area (TPSA) is 309 Å². The number of imidazole rings is 2. The van der Waals surface area contributed by atoms with Crippen LogP contribution in [-0.2, 0) is 36.7 Å². The molecule has 7 heterocycles. The van der Waals surface area contributed by atoms with Gasteiger partial charge in [-0.1, -0.05) is 0 Å². The highest BCUT2D eigenvalue weighted by atomic mass is 31.2. The van der Waals surface area contributed by atoms with Gasteiger partial charge in [0.15, 0.2) is 41.3 Å². The maximum Gasteiger partial charge on any atom is 0.472 e. The van der Waals surface area contributed by atoms with Gasteiger partial charge in [0.2, 0.25) is 5.95 Å². The number of phosphoric acid groups is 2. The van der Waals surface area contributed by atoms with Gasteiger partial charge in [-0.3, -0.25) is 37.0 Å². The van der Waals surface area contributed by atoms with Crippen LogP contribution in [0.15, 0.2) is 23.8 Å². The molecule has 0 amide bonds. The number of halogens is 1. The van der Waals surface area contributed by atoms with Gasteiger partial charge >= 0.3 is 15.6 Å². The number of H-pyrrole nitrogens is 1. The van der Waals surface area contributed by atoms with Crippen molar-refractivity contribution in [1.82, 2.24) is 39.0 Å². The fourth-order valence-electron chi connectivity index (χ4n) is 5.46. The highest BCUT2D eigenvalue weighted by Gasteiger charge is 2.59. The van der Waals surface area contributed by atoms with Crippen LogP contribution in [0.5, 0.6) is 0 Å². The number of aromatic nitrogens is 8. The van der Waals surface area contributed by atoms with Gasteiger partial charge in [-0.25, -0.2) is 33.5 Å². The highest BCUT2D eigenvalue weighted by Crippen LogP contribution is 2.56. The maximum atomic E-state index is 16.2. The standard InChI is InChI=1S/C21H25FN10O12P2/c1-21-3-40-46(37,38)43-11-10(33)7(41-18(11)31-5-27-8-14(23)25-4-26-15(8)31)2-39-45(35,36)44-12(13(21)22)19(42-21)32-6-28-9-16(32)29-20(24)30-17(9)34/h4-7,10-13,18-19,33H,2-3H2,1H3,(H,35,36)(H,37,38)(H2,23,25,26)(H3,24,29,30,34)/t7-,10-,11-,12-,13+,18-,19-,21-/m1/s1. The minimum absolute atomic E-state index is 0.00434. The number of nitrogen functional groups attached to an aromatic ring is 2. The van der Waals surface area contributed by atoms with E-state index in [4.69, 9.17) is 39.0 Å². The maximum absolute atomic E-state index is 16.2. The third-order valence-corrected chi connectivity index (χ3v) is 9.62. The number of aromatic amines is 1. The van der Waals surface area contributed by atoms with E-state index in [1.807, 2.05) is 0 Å². The fourth-order valence-corrected chi connectivity index (χ4v) is 7.39. The minimum atomic E-state index is -5.20. The van der Waals surface area contributed by atoms with Crippen LogP contribution in [0.1, 0.15) is 19.4 Å². The molecule has 4 aromatic heterocycles. The van der Waals surface area contributed by atoms with Crippen LogP contribution in [0.4, 0.5) is 16.2 Å². The monoisotopic (exact) mass is 690 g/mol. The molecule has 8 N–H and O–H groups in total. The summed E-state index contributed by atoms with van der Waals surface area (Å²) in [4.78, 5) is 55.9. The van der Waals surface area contributed by atoms with Crippen molar-refractivity contribution >= 4 is 49.7 Å². The van der Waals surface area contributed by atoms with Gasteiger partial charge in [0.05, 0.1) is 25.9 Å². The van der Waals surface area contributed by atoms with E-state index in [0.29, 0.717) is 0 Å². The number of fused-ring (bicyclic) bond motifs is 6. The summed E-state index contributed by atoms with van der Waals surface area (Å²) in [6, 6.07) is 0. The molecule has 3 fully saturated rings. The molecule has 0 saturated carbocycles. The van der Waals surface area contributed by atoms with Gasteiger partial charge in [-0.05, 0) is 6.92 Å². The third-order valence-electron chi connectivity index (χ3n) is 7.67. The Labute approximate surface area is 254 Å². The lowest BCUT2D eigenvalue weighted by Crippen LogP contribution is -2.42. The molecule has 3 saturated heterocycles. The molecule has 25 heteroatoms. The minimum Gasteiger partial charge on any atom is -0.387 e. The lowest BCUT2D eigenvalue weighted by Gasteiger charge is -2.29. The number of hydrogen-bond acceptors (Lipinski definition) is 17. The Morgan fingerprint density at radius 1 is 1.00 bits per heavy atom. The third kappa shape index (κ3) is 5.18. The zero-order valence-corrected chi connectivity index (χ0v) is 25.1. The first-order valence-corrected chi connectivity index (χ1v) is 16.3. The van der Waals surface area contributed by atoms with Crippen molar-refractivity contribution < 1.29 is 56.0 Å². The van der Waals surface area contributed by atoms with Crippen LogP contribution in [0.25, 0.3) is 22.3 Å². The second kappa shape index (κ2) is 10.8. The first-order chi connectivity index (χ1) is 21.7. The quantitative estimate of drug-likeness (QED) is 0.138. The Bertz CT molecular complexity index is 1990. The normalized spacial score (nSPS) is 38.8. The molecule has 4 aromatic rings. The molecule has 22 nitrogen and oxygen atoms in total. The molecule has 248 valence electrons. The van der Waals surface area contributed by atoms with Gasteiger partial charge < -0.3 is 35.8 Å². The molecular formula is C21H25FN10O12P2. The van der Waals surface area contributed by atoms with Crippen LogP contribution in [0, 0.1) is 0 Å². The summed E-state index contributed by atoms with van der Waals surface area (Å²) in [5, 5.41) is 11.1. The molecule has 0 aromatic carbocycles. The molecule has 0 radical (unpaired) electrons. The van der Waals surface area contributed by atoms with Crippen LogP contribution >= 0.6 is 15.6 Å². The highest BCUT2D eigenvalue weighted by molar-refractivity contribution is 7.47. The lowest BCUT2D eigenvalue weighted by atomic mass is 10.0. The summed E-state index contributed by atoms with van der Waals surface area (Å²) in [6.07, 6.45) is -9.03. The van der Waals surface area contributed by atoms with Crippen LogP contribution < -0.4 is 17.0 Å². The number of ether oxygens (including phenoxy) is 2.